The Morgan fingerprint density at radius 2 is 0.313 bits per heavy atom. The van der Waals surface area contributed by atoms with Crippen LogP contribution in [0.4, 0.5) is 51.2 Å². The number of rotatable bonds is 11. The molecular weight excluding hydrogens is 1810 g/mol. The van der Waals surface area contributed by atoms with Crippen molar-refractivity contribution in [3.63, 3.8) is 0 Å². The van der Waals surface area contributed by atoms with Crippen molar-refractivity contribution >= 4 is 180 Å². The van der Waals surface area contributed by atoms with E-state index in [1.165, 1.54) is 252 Å². The summed E-state index contributed by atoms with van der Waals surface area (Å²) in [6.45, 7) is 0. The molecule has 0 saturated carbocycles. The zero-order valence-corrected chi connectivity index (χ0v) is 81.7. The summed E-state index contributed by atoms with van der Waals surface area (Å²) in [7, 11) is 0. The van der Waals surface area contributed by atoms with Gasteiger partial charge < -0.3 is 14.7 Å². The summed E-state index contributed by atoms with van der Waals surface area (Å²) in [5, 5.41) is 32.9. The average Bonchev–Trinajstić information content (AvgIpc) is 1.49. The molecule has 0 aliphatic heterocycles. The van der Waals surface area contributed by atoms with E-state index >= 15 is 0 Å². The first-order valence-corrected chi connectivity index (χ1v) is 52.5. The summed E-state index contributed by atoms with van der Waals surface area (Å²) < 4.78 is 0. The second-order valence-electron chi connectivity index (χ2n) is 41.6. The molecule has 3 atom stereocenters. The van der Waals surface area contributed by atoms with Crippen LogP contribution in [0.5, 0.6) is 0 Å². The third kappa shape index (κ3) is 11.1. The van der Waals surface area contributed by atoms with E-state index in [4.69, 9.17) is 0 Å². The summed E-state index contributed by atoms with van der Waals surface area (Å²) in [4.78, 5) is 7.17. The highest BCUT2D eigenvalue weighted by Crippen LogP contribution is 2.70. The van der Waals surface area contributed by atoms with Gasteiger partial charge in [0, 0.05) is 51.2 Å². The molecule has 3 spiro atoms. The molecule has 0 aromatic heterocycles. The van der Waals surface area contributed by atoms with E-state index in [2.05, 4.69) is 555 Å². The third-order valence-corrected chi connectivity index (χ3v) is 34.7. The monoisotopic (exact) mass is 1900 g/mol. The minimum atomic E-state index is -0.408. The highest BCUT2D eigenvalue weighted by Gasteiger charge is 2.55. The molecule has 3 nitrogen and oxygen atoms in total. The van der Waals surface area contributed by atoms with E-state index in [0.717, 1.165) is 51.2 Å². The van der Waals surface area contributed by atoms with Crippen LogP contribution in [0.1, 0.15) is 66.8 Å². The summed E-state index contributed by atoms with van der Waals surface area (Å²) in [5.74, 6) is 0. The van der Waals surface area contributed by atoms with Gasteiger partial charge in [-0.05, 0) is 361 Å². The Morgan fingerprint density at radius 1 is 0.107 bits per heavy atom. The summed E-state index contributed by atoms with van der Waals surface area (Å²) in [6.07, 6.45) is 0. The molecule has 0 saturated heterocycles. The minimum absolute atomic E-state index is 0.381. The molecule has 0 fully saturated rings. The lowest BCUT2D eigenvalue weighted by Gasteiger charge is -2.31. The Morgan fingerprint density at radius 3 is 0.653 bits per heavy atom. The number of anilines is 9. The van der Waals surface area contributed by atoms with Gasteiger partial charge in [0.05, 0.1) is 16.2 Å². The van der Waals surface area contributed by atoms with E-state index < -0.39 is 10.8 Å². The van der Waals surface area contributed by atoms with E-state index in [1.807, 2.05) is 0 Å². The smallest absolute Gasteiger partial charge is 0.0726 e. The van der Waals surface area contributed by atoms with Gasteiger partial charge in [0.25, 0.3) is 0 Å². The van der Waals surface area contributed by atoms with Gasteiger partial charge in [0.1, 0.15) is 0 Å². The molecule has 0 heterocycles. The summed E-state index contributed by atoms with van der Waals surface area (Å²) in [6, 6.07) is 201. The van der Waals surface area contributed by atoms with Gasteiger partial charge in [-0.15, -0.1) is 0 Å². The van der Waals surface area contributed by atoms with Gasteiger partial charge in [-0.2, -0.15) is 0 Å². The largest absolute Gasteiger partial charge is 0.310 e. The lowest BCUT2D eigenvalue weighted by Crippen LogP contribution is -2.26. The first kappa shape index (κ1) is 83.0. The van der Waals surface area contributed by atoms with Gasteiger partial charge in [-0.1, -0.05) is 431 Å². The number of fused-ring (bicyclic) bond motifs is 24. The molecule has 35 rings (SSSR count). The molecule has 6 aliphatic carbocycles. The molecular formula is C147H89N3. The van der Waals surface area contributed by atoms with Crippen LogP contribution >= 0.6 is 0 Å². The number of para-hydroxylation sites is 4. The Labute approximate surface area is 867 Å². The normalized spacial score (nSPS) is 15.5. The van der Waals surface area contributed by atoms with E-state index in [-0.39, 0.29) is 5.41 Å². The lowest BCUT2D eigenvalue weighted by atomic mass is 9.70. The highest BCUT2D eigenvalue weighted by atomic mass is 15.2. The summed E-state index contributed by atoms with van der Waals surface area (Å²) in [5.41, 5.74) is 38.4. The topological polar surface area (TPSA) is 9.72 Å². The first-order valence-electron chi connectivity index (χ1n) is 52.5. The number of nitrogens with zero attached hydrogens (tertiary/aromatic N) is 3. The fraction of sp³-hybridized carbons (Fsp3) is 0.0204. The first-order chi connectivity index (χ1) is 74.4. The molecule has 0 radical (unpaired) electrons. The quantitative estimate of drug-likeness (QED) is 0.0944. The molecule has 0 bridgehead atoms. The Bertz CT molecular complexity index is 10700. The number of benzene rings is 29. The van der Waals surface area contributed by atoms with Crippen LogP contribution in [0.15, 0.2) is 540 Å². The van der Waals surface area contributed by atoms with Gasteiger partial charge in [-0.25, -0.2) is 0 Å². The third-order valence-electron chi connectivity index (χ3n) is 34.7. The maximum atomic E-state index is 2.44. The Kier molecular flexibility index (Phi) is 17.4. The maximum Gasteiger partial charge on any atom is 0.0726 e. The van der Waals surface area contributed by atoms with Crippen molar-refractivity contribution in [2.24, 2.45) is 0 Å². The van der Waals surface area contributed by atoms with Crippen molar-refractivity contribution in [1.29, 1.82) is 0 Å². The van der Waals surface area contributed by atoms with Crippen LogP contribution in [0.25, 0.3) is 185 Å². The second kappa shape index (κ2) is 31.4. The molecule has 692 valence electrons. The molecule has 29 aromatic rings. The lowest BCUT2D eigenvalue weighted by molar-refractivity contribution is 0.797. The zero-order chi connectivity index (χ0) is 97.9. The molecule has 150 heavy (non-hydrogen) atoms. The fourth-order valence-electron chi connectivity index (χ4n) is 29.0. The SMILES string of the molecule is c1ccc(-c2ccc(N(c3ccccc3)c3ccc4c(c3)-c3ccccc3C43c4cccc5c6cccc7ccc8ccc3c(c45)c8c76)cc2)cc1.c1ccc(-c2cccc(N(c3ccccc3)c3ccc4c(c3)-c3ccccc3C43c4cccc5c6cccc7ccc8ccc3c(c45)c8c76)c2)cc1.c1ccc(N(c2ccccc2)c2ccc3c(c2)-c2ccccc2C32c3cccc4c5cccc6ccc7ccc2c(c34)c7c65)cc1. The molecule has 6 aliphatic rings. The minimum Gasteiger partial charge on any atom is -0.310 e. The van der Waals surface area contributed by atoms with Crippen molar-refractivity contribution in [2.75, 3.05) is 14.7 Å². The Balaban J connectivity index is 0.0000000976. The summed E-state index contributed by atoms with van der Waals surface area (Å²) >= 11 is 0. The van der Waals surface area contributed by atoms with Crippen molar-refractivity contribution in [2.45, 2.75) is 16.2 Å². The van der Waals surface area contributed by atoms with Gasteiger partial charge in [0.15, 0.2) is 0 Å². The standard InChI is InChI=1S/2C51H31N.C45H27N/c1-3-12-32(13-4-1)35-15-9-18-37(30-35)52(36-16-5-2-6-17-36)38-27-29-44-42(31-38)39-19-7-8-22-43(39)51(44)45-23-11-21-41-40-20-10-14-33-24-25-34-26-28-46(51)50(49(41)45)48(34)47(33)40;1-3-11-32(12-4-1)33-23-26-37(27-24-33)52(36-14-5-2-6-15-36)38-28-30-44-42(31-38)39-16-7-8-19-43(39)51(44)45-20-10-18-41-40-17-9-13-34-21-22-35-25-29-46(51)50(49(41)45)48(35)47(34)40;1-3-12-30(13-4-1)46(31-14-5-2-6-15-31)32-24-26-38-36(27-32)33-16-7-8-19-37(33)45(38)39-20-10-18-35-34-17-9-11-28-21-22-29-23-25-40(45)44(43(35)39)42(29)41(28)34/h2*1-31H;1-27H. The van der Waals surface area contributed by atoms with Crippen LogP contribution < -0.4 is 14.7 Å². The van der Waals surface area contributed by atoms with Crippen molar-refractivity contribution in [3.8, 4) is 55.6 Å². The van der Waals surface area contributed by atoms with Crippen LogP contribution in [0.3, 0.4) is 0 Å². The predicted octanol–water partition coefficient (Wildman–Crippen LogP) is 39.0. The molecule has 0 amide bonds. The predicted molar refractivity (Wildman–Crippen MR) is 630 cm³/mol. The van der Waals surface area contributed by atoms with Crippen LogP contribution in [0.2, 0.25) is 0 Å². The molecule has 29 aromatic carbocycles. The maximum absolute atomic E-state index is 2.44. The fourth-order valence-corrected chi connectivity index (χ4v) is 29.0. The number of hydrogen-bond acceptors (Lipinski definition) is 3. The van der Waals surface area contributed by atoms with Gasteiger partial charge in [-0.3, -0.25) is 0 Å². The van der Waals surface area contributed by atoms with Crippen LogP contribution in [-0.4, -0.2) is 0 Å². The molecule has 0 N–H and O–H groups in total. The molecule has 3 unspecified atom stereocenters. The van der Waals surface area contributed by atoms with E-state index in [0.29, 0.717) is 0 Å². The zero-order valence-electron chi connectivity index (χ0n) is 81.7. The van der Waals surface area contributed by atoms with Gasteiger partial charge >= 0.3 is 0 Å². The van der Waals surface area contributed by atoms with Crippen LogP contribution in [-0.2, 0) is 16.2 Å². The average molecular weight is 1900 g/mol. The second-order valence-corrected chi connectivity index (χ2v) is 41.6. The Hall–Kier alpha value is -19.3. The van der Waals surface area contributed by atoms with E-state index in [1.54, 1.807) is 0 Å². The van der Waals surface area contributed by atoms with E-state index in [9.17, 15) is 0 Å². The number of hydrogen-bond donors (Lipinski definition) is 0. The van der Waals surface area contributed by atoms with Gasteiger partial charge in [0.2, 0.25) is 0 Å². The highest BCUT2D eigenvalue weighted by molar-refractivity contribution is 6.40. The molecule has 3 heteroatoms. The van der Waals surface area contributed by atoms with Crippen molar-refractivity contribution < 1.29 is 0 Å². The van der Waals surface area contributed by atoms with Crippen LogP contribution in [0, 0.1) is 0 Å². The van der Waals surface area contributed by atoms with Crippen molar-refractivity contribution in [1.82, 2.24) is 0 Å². The van der Waals surface area contributed by atoms with Crippen molar-refractivity contribution in [3.05, 3.63) is 607 Å².